The van der Waals surface area contributed by atoms with Gasteiger partial charge in [-0.05, 0) is 47.1 Å². The predicted octanol–water partition coefficient (Wildman–Crippen LogP) is 7.69. The van der Waals surface area contributed by atoms with Crippen molar-refractivity contribution in [2.75, 3.05) is 0 Å². The maximum Gasteiger partial charge on any atom is 0.271 e. The number of benzene rings is 3. The van der Waals surface area contributed by atoms with Crippen molar-refractivity contribution in [2.45, 2.75) is 45.4 Å². The molecule has 33 heavy (non-hydrogen) atoms. The van der Waals surface area contributed by atoms with Crippen molar-refractivity contribution in [3.05, 3.63) is 95.7 Å². The Morgan fingerprint density at radius 2 is 1.70 bits per heavy atom. The minimum atomic E-state index is -0.0821. The van der Waals surface area contributed by atoms with Gasteiger partial charge in [0.2, 0.25) is 0 Å². The molecule has 0 spiro atoms. The zero-order valence-corrected chi connectivity index (χ0v) is 19.5. The van der Waals surface area contributed by atoms with Crippen LogP contribution in [0.3, 0.4) is 0 Å². The van der Waals surface area contributed by atoms with Crippen LogP contribution in [0.15, 0.2) is 78.9 Å². The fraction of sp³-hybridized carbons (Fsp3) is 0.267. The Morgan fingerprint density at radius 3 is 2.48 bits per heavy atom. The van der Waals surface area contributed by atoms with Crippen molar-refractivity contribution < 1.29 is 4.79 Å². The van der Waals surface area contributed by atoms with E-state index in [2.05, 4.69) is 63.2 Å². The monoisotopic (exact) mass is 434 g/mol. The van der Waals surface area contributed by atoms with E-state index in [1.807, 2.05) is 36.4 Å². The second-order valence-electron chi connectivity index (χ2n) is 9.50. The number of hydrogen-bond acceptors (Lipinski definition) is 2. The Morgan fingerprint density at radius 1 is 0.970 bits per heavy atom. The van der Waals surface area contributed by atoms with Crippen LogP contribution in [0.25, 0.3) is 28.1 Å². The zero-order valence-electron chi connectivity index (χ0n) is 19.5. The number of aromatic nitrogens is 2. The zero-order chi connectivity index (χ0) is 22.9. The second-order valence-corrected chi connectivity index (χ2v) is 9.50. The molecular formula is C30H30N2O. The van der Waals surface area contributed by atoms with Crippen LogP contribution in [0.1, 0.15) is 67.1 Å². The van der Waals surface area contributed by atoms with E-state index >= 15 is 0 Å². The van der Waals surface area contributed by atoms with Crippen molar-refractivity contribution in [3.63, 3.8) is 0 Å². The Bertz CT molecular complexity index is 1320. The molecule has 166 valence electrons. The fourth-order valence-electron chi connectivity index (χ4n) is 5.25. The molecular weight excluding hydrogens is 404 g/mol. The smallest absolute Gasteiger partial charge is 0.267 e. The van der Waals surface area contributed by atoms with Crippen molar-refractivity contribution in [3.8, 4) is 11.3 Å². The first-order valence-corrected chi connectivity index (χ1v) is 11.9. The summed E-state index contributed by atoms with van der Waals surface area (Å²) in [5.41, 5.74) is 5.43. The molecule has 0 fully saturated rings. The largest absolute Gasteiger partial charge is 0.271 e. The quantitative estimate of drug-likeness (QED) is 0.309. The number of carbonyl (C=O) groups excluding carboxylic acids is 1. The molecule has 3 heteroatoms. The maximum atomic E-state index is 13.5. The minimum Gasteiger partial charge on any atom is -0.267 e. The molecule has 0 N–H and O–H groups in total. The van der Waals surface area contributed by atoms with Crippen LogP contribution >= 0.6 is 0 Å². The summed E-state index contributed by atoms with van der Waals surface area (Å²) in [6.07, 6.45) is 5.74. The van der Waals surface area contributed by atoms with Gasteiger partial charge < -0.3 is 0 Å². The lowest BCUT2D eigenvalue weighted by atomic mass is 9.75. The van der Waals surface area contributed by atoms with Gasteiger partial charge in [-0.1, -0.05) is 93.6 Å². The Balaban J connectivity index is 1.70. The summed E-state index contributed by atoms with van der Waals surface area (Å²) >= 11 is 0. The van der Waals surface area contributed by atoms with Crippen molar-refractivity contribution >= 4 is 22.8 Å². The molecule has 0 saturated heterocycles. The van der Waals surface area contributed by atoms with Gasteiger partial charge in [0.15, 0.2) is 0 Å². The van der Waals surface area contributed by atoms with E-state index in [9.17, 15) is 4.79 Å². The summed E-state index contributed by atoms with van der Waals surface area (Å²) in [6.45, 7) is 6.79. The number of nitrogens with zero attached hydrogens (tertiary/aromatic N) is 2. The van der Waals surface area contributed by atoms with Crippen LogP contribution in [-0.4, -0.2) is 15.7 Å². The van der Waals surface area contributed by atoms with Crippen molar-refractivity contribution in [2.24, 2.45) is 5.92 Å². The summed E-state index contributed by atoms with van der Waals surface area (Å²) < 4.78 is 1.70. The first-order chi connectivity index (χ1) is 16.0. The SMILES string of the molecule is CC1CCC(C(C)C)c2c1c(-c1cccc3ccccc13)nn2C(=O)C=Cc1ccccc1. The number of carbonyl (C=O) groups is 1. The van der Waals surface area contributed by atoms with Crippen LogP contribution in [0.5, 0.6) is 0 Å². The van der Waals surface area contributed by atoms with E-state index in [0.717, 1.165) is 35.4 Å². The van der Waals surface area contributed by atoms with Gasteiger partial charge in [0.05, 0.1) is 11.4 Å². The van der Waals surface area contributed by atoms with Gasteiger partial charge in [-0.15, -0.1) is 0 Å². The second kappa shape index (κ2) is 8.82. The van der Waals surface area contributed by atoms with E-state index in [1.54, 1.807) is 10.8 Å². The van der Waals surface area contributed by atoms with E-state index in [0.29, 0.717) is 17.8 Å². The Labute approximate surface area is 195 Å². The summed E-state index contributed by atoms with van der Waals surface area (Å²) in [5, 5.41) is 7.39. The van der Waals surface area contributed by atoms with Gasteiger partial charge in [0, 0.05) is 23.1 Å². The summed E-state index contributed by atoms with van der Waals surface area (Å²) in [6, 6.07) is 24.7. The average molecular weight is 435 g/mol. The lowest BCUT2D eigenvalue weighted by Crippen LogP contribution is -2.23. The van der Waals surface area contributed by atoms with Crippen LogP contribution in [0, 0.1) is 5.92 Å². The van der Waals surface area contributed by atoms with Crippen molar-refractivity contribution in [1.82, 2.24) is 9.78 Å². The molecule has 2 atom stereocenters. The molecule has 2 unspecified atom stereocenters. The Kier molecular flexibility index (Phi) is 5.72. The number of allylic oxidation sites excluding steroid dienone is 1. The molecule has 0 amide bonds. The molecule has 0 saturated carbocycles. The van der Waals surface area contributed by atoms with Gasteiger partial charge in [-0.2, -0.15) is 5.10 Å². The summed E-state index contributed by atoms with van der Waals surface area (Å²) in [7, 11) is 0. The van der Waals surface area contributed by atoms with Crippen molar-refractivity contribution in [1.29, 1.82) is 0 Å². The third-order valence-corrected chi connectivity index (χ3v) is 6.99. The molecule has 0 bridgehead atoms. The highest BCUT2D eigenvalue weighted by Crippen LogP contribution is 2.47. The maximum absolute atomic E-state index is 13.5. The highest BCUT2D eigenvalue weighted by molar-refractivity contribution is 5.98. The topological polar surface area (TPSA) is 34.9 Å². The molecule has 1 aromatic heterocycles. The minimum absolute atomic E-state index is 0.0821. The van der Waals surface area contributed by atoms with Crippen LogP contribution in [0.2, 0.25) is 0 Å². The molecule has 3 nitrogen and oxygen atoms in total. The normalized spacial score (nSPS) is 18.2. The number of rotatable bonds is 4. The van der Waals surface area contributed by atoms with Gasteiger partial charge in [-0.25, -0.2) is 4.68 Å². The molecule has 5 rings (SSSR count). The molecule has 3 aromatic carbocycles. The molecule has 0 radical (unpaired) electrons. The van der Waals surface area contributed by atoms with E-state index in [1.165, 1.54) is 16.3 Å². The van der Waals surface area contributed by atoms with Crippen LogP contribution in [-0.2, 0) is 0 Å². The lowest BCUT2D eigenvalue weighted by molar-refractivity contribution is 0.0947. The van der Waals surface area contributed by atoms with E-state index in [4.69, 9.17) is 5.10 Å². The van der Waals surface area contributed by atoms with E-state index < -0.39 is 0 Å². The molecule has 1 aliphatic carbocycles. The highest BCUT2D eigenvalue weighted by Gasteiger charge is 2.35. The van der Waals surface area contributed by atoms with Gasteiger partial charge >= 0.3 is 0 Å². The average Bonchev–Trinajstić information content (AvgIpc) is 3.24. The lowest BCUT2D eigenvalue weighted by Gasteiger charge is -2.30. The predicted molar refractivity (Wildman–Crippen MR) is 136 cm³/mol. The first-order valence-electron chi connectivity index (χ1n) is 11.9. The molecule has 1 heterocycles. The fourth-order valence-corrected chi connectivity index (χ4v) is 5.25. The Hall–Kier alpha value is -3.46. The highest BCUT2D eigenvalue weighted by atomic mass is 16.2. The third kappa shape index (κ3) is 3.93. The first kappa shape index (κ1) is 21.4. The summed E-state index contributed by atoms with van der Waals surface area (Å²) in [4.78, 5) is 13.5. The molecule has 0 aliphatic heterocycles. The number of hydrogen-bond donors (Lipinski definition) is 0. The standard InChI is InChI=1S/C30H30N2O/c1-20(2)24-18-16-21(3)28-29(26-15-9-13-23-12-7-8-14-25(23)26)31-32(30(24)28)27(33)19-17-22-10-5-4-6-11-22/h4-15,17,19-21,24H,16,18H2,1-3H3. The van der Waals surface area contributed by atoms with E-state index in [-0.39, 0.29) is 5.91 Å². The van der Waals surface area contributed by atoms with Crippen LogP contribution < -0.4 is 0 Å². The van der Waals surface area contributed by atoms with Gasteiger partial charge in [0.1, 0.15) is 0 Å². The third-order valence-electron chi connectivity index (χ3n) is 6.99. The van der Waals surface area contributed by atoms with Gasteiger partial charge in [-0.3, -0.25) is 4.79 Å². The number of fused-ring (bicyclic) bond motifs is 2. The van der Waals surface area contributed by atoms with Gasteiger partial charge in [0.25, 0.3) is 5.91 Å². The molecule has 4 aromatic rings. The molecule has 1 aliphatic rings. The van der Waals surface area contributed by atoms with Crippen LogP contribution in [0.4, 0.5) is 0 Å². The summed E-state index contributed by atoms with van der Waals surface area (Å²) in [5.74, 6) is 1.05.